The first-order valence-electron chi connectivity index (χ1n) is 4.67. The Kier molecular flexibility index (Phi) is 2.94. The van der Waals surface area contributed by atoms with Gasteiger partial charge in [0, 0.05) is 23.2 Å². The van der Waals surface area contributed by atoms with Crippen LogP contribution in [0.15, 0.2) is 30.5 Å². The van der Waals surface area contributed by atoms with E-state index in [4.69, 9.17) is 11.6 Å². The number of aromatic nitrogens is 2. The Morgan fingerprint density at radius 1 is 1.21 bits per heavy atom. The molecule has 2 nitrogen and oxygen atoms in total. The van der Waals surface area contributed by atoms with E-state index >= 15 is 0 Å². The number of hydrogen-bond acceptors (Lipinski definition) is 2. The van der Waals surface area contributed by atoms with Gasteiger partial charge in [-0.25, -0.2) is 9.97 Å². The number of nitrogens with zero attached hydrogens (tertiary/aromatic N) is 2. The van der Waals surface area contributed by atoms with Crippen LogP contribution in [-0.4, -0.2) is 15.8 Å². The number of pyridine rings is 2. The van der Waals surface area contributed by atoms with E-state index in [0.29, 0.717) is 5.88 Å². The SMILES string of the molecule is ClCCCc1ccc2cccnc2n1. The molecule has 0 aliphatic heterocycles. The Morgan fingerprint density at radius 2 is 2.14 bits per heavy atom. The lowest BCUT2D eigenvalue weighted by Crippen LogP contribution is -1.92. The molecule has 0 aliphatic rings. The quantitative estimate of drug-likeness (QED) is 0.722. The average Bonchev–Trinajstić information content (AvgIpc) is 2.26. The first kappa shape index (κ1) is 9.41. The Hall–Kier alpha value is -1.15. The molecule has 14 heavy (non-hydrogen) atoms. The molecule has 0 atom stereocenters. The van der Waals surface area contributed by atoms with E-state index in [1.165, 1.54) is 0 Å². The molecule has 0 radical (unpaired) electrons. The van der Waals surface area contributed by atoms with Crippen molar-refractivity contribution in [1.82, 2.24) is 9.97 Å². The second-order valence-corrected chi connectivity index (χ2v) is 3.52. The van der Waals surface area contributed by atoms with Crippen LogP contribution in [0, 0.1) is 0 Å². The Labute approximate surface area is 88.0 Å². The molecule has 0 aliphatic carbocycles. The summed E-state index contributed by atoms with van der Waals surface area (Å²) >= 11 is 5.63. The summed E-state index contributed by atoms with van der Waals surface area (Å²) in [7, 11) is 0. The van der Waals surface area contributed by atoms with E-state index in [1.54, 1.807) is 6.20 Å². The molecule has 0 N–H and O–H groups in total. The maximum Gasteiger partial charge on any atom is 0.159 e. The van der Waals surface area contributed by atoms with Crippen molar-refractivity contribution in [1.29, 1.82) is 0 Å². The molecule has 0 saturated heterocycles. The predicted molar refractivity (Wildman–Crippen MR) is 58.6 cm³/mol. The lowest BCUT2D eigenvalue weighted by molar-refractivity contribution is 0.893. The standard InChI is InChI=1S/C11H11ClN2/c12-7-1-4-10-6-5-9-3-2-8-13-11(9)14-10/h2-3,5-6,8H,1,4,7H2. The smallest absolute Gasteiger partial charge is 0.159 e. The van der Waals surface area contributed by atoms with E-state index in [2.05, 4.69) is 16.0 Å². The molecule has 2 heterocycles. The zero-order valence-corrected chi connectivity index (χ0v) is 8.54. The van der Waals surface area contributed by atoms with Crippen LogP contribution in [-0.2, 0) is 6.42 Å². The van der Waals surface area contributed by atoms with Gasteiger partial charge < -0.3 is 0 Å². The highest BCUT2D eigenvalue weighted by molar-refractivity contribution is 6.17. The lowest BCUT2D eigenvalue weighted by atomic mass is 10.2. The highest BCUT2D eigenvalue weighted by atomic mass is 35.5. The zero-order chi connectivity index (χ0) is 9.80. The van der Waals surface area contributed by atoms with Crippen molar-refractivity contribution < 1.29 is 0 Å². The summed E-state index contributed by atoms with van der Waals surface area (Å²) in [5, 5.41) is 1.09. The number of rotatable bonds is 3. The fourth-order valence-corrected chi connectivity index (χ4v) is 1.51. The van der Waals surface area contributed by atoms with E-state index in [0.717, 1.165) is 29.6 Å². The van der Waals surface area contributed by atoms with Crippen molar-refractivity contribution in [3.63, 3.8) is 0 Å². The highest BCUT2D eigenvalue weighted by Gasteiger charge is 1.97. The van der Waals surface area contributed by atoms with Gasteiger partial charge in [0.1, 0.15) is 0 Å². The van der Waals surface area contributed by atoms with E-state index in [9.17, 15) is 0 Å². The molecule has 2 aromatic rings. The molecule has 0 saturated carbocycles. The molecule has 2 rings (SSSR count). The maximum absolute atomic E-state index is 5.63. The van der Waals surface area contributed by atoms with Crippen molar-refractivity contribution in [2.75, 3.05) is 5.88 Å². The summed E-state index contributed by atoms with van der Waals surface area (Å²) in [4.78, 5) is 8.65. The van der Waals surface area contributed by atoms with Crippen LogP contribution in [0.4, 0.5) is 0 Å². The van der Waals surface area contributed by atoms with Gasteiger partial charge in [0.25, 0.3) is 0 Å². The molecular weight excluding hydrogens is 196 g/mol. The fraction of sp³-hybridized carbons (Fsp3) is 0.273. The third-order valence-corrected chi connectivity index (χ3v) is 2.36. The third-order valence-electron chi connectivity index (χ3n) is 2.09. The number of fused-ring (bicyclic) bond motifs is 1. The average molecular weight is 207 g/mol. The van der Waals surface area contributed by atoms with Crippen LogP contribution in [0.3, 0.4) is 0 Å². The zero-order valence-electron chi connectivity index (χ0n) is 7.78. The van der Waals surface area contributed by atoms with Gasteiger partial charge in [-0.15, -0.1) is 11.6 Å². The fourth-order valence-electron chi connectivity index (χ4n) is 1.38. The molecule has 0 bridgehead atoms. The van der Waals surface area contributed by atoms with Crippen molar-refractivity contribution in [3.8, 4) is 0 Å². The largest absolute Gasteiger partial charge is 0.237 e. The van der Waals surface area contributed by atoms with Crippen LogP contribution in [0.2, 0.25) is 0 Å². The molecule has 3 heteroatoms. The summed E-state index contributed by atoms with van der Waals surface area (Å²) in [6.45, 7) is 0. The van der Waals surface area contributed by atoms with Gasteiger partial charge in [-0.3, -0.25) is 0 Å². The monoisotopic (exact) mass is 206 g/mol. The summed E-state index contributed by atoms with van der Waals surface area (Å²) in [6, 6.07) is 8.03. The summed E-state index contributed by atoms with van der Waals surface area (Å²) in [6.07, 6.45) is 3.66. The minimum Gasteiger partial charge on any atom is -0.237 e. The van der Waals surface area contributed by atoms with E-state index in [1.807, 2.05) is 18.2 Å². The van der Waals surface area contributed by atoms with Gasteiger partial charge in [0.2, 0.25) is 0 Å². The van der Waals surface area contributed by atoms with Crippen molar-refractivity contribution >= 4 is 22.6 Å². The Bertz CT molecular complexity index is 428. The lowest BCUT2D eigenvalue weighted by Gasteiger charge is -2.00. The van der Waals surface area contributed by atoms with E-state index in [-0.39, 0.29) is 0 Å². The molecule has 2 aromatic heterocycles. The van der Waals surface area contributed by atoms with Gasteiger partial charge in [-0.2, -0.15) is 0 Å². The number of halogens is 1. The predicted octanol–water partition coefficient (Wildman–Crippen LogP) is 2.80. The summed E-state index contributed by atoms with van der Waals surface area (Å²) < 4.78 is 0. The first-order chi connectivity index (χ1) is 6.90. The minimum absolute atomic E-state index is 0.682. The number of aryl methyl sites for hydroxylation is 1. The van der Waals surface area contributed by atoms with Crippen LogP contribution >= 0.6 is 11.6 Å². The minimum atomic E-state index is 0.682. The molecule has 0 unspecified atom stereocenters. The molecule has 0 aromatic carbocycles. The van der Waals surface area contributed by atoms with Gasteiger partial charge in [0.15, 0.2) is 5.65 Å². The Morgan fingerprint density at radius 3 is 3.00 bits per heavy atom. The van der Waals surface area contributed by atoms with Crippen LogP contribution in [0.25, 0.3) is 11.0 Å². The van der Waals surface area contributed by atoms with Crippen LogP contribution in [0.1, 0.15) is 12.1 Å². The van der Waals surface area contributed by atoms with Crippen molar-refractivity contribution in [3.05, 3.63) is 36.2 Å². The Balaban J connectivity index is 2.32. The summed E-state index contributed by atoms with van der Waals surface area (Å²) in [5.74, 6) is 0.682. The first-order valence-corrected chi connectivity index (χ1v) is 5.20. The van der Waals surface area contributed by atoms with Crippen LogP contribution < -0.4 is 0 Å². The number of hydrogen-bond donors (Lipinski definition) is 0. The van der Waals surface area contributed by atoms with Gasteiger partial charge in [0.05, 0.1) is 0 Å². The number of alkyl halides is 1. The highest BCUT2D eigenvalue weighted by Crippen LogP contribution is 2.10. The van der Waals surface area contributed by atoms with Crippen molar-refractivity contribution in [2.45, 2.75) is 12.8 Å². The topological polar surface area (TPSA) is 25.8 Å². The van der Waals surface area contributed by atoms with E-state index < -0.39 is 0 Å². The van der Waals surface area contributed by atoms with Gasteiger partial charge >= 0.3 is 0 Å². The second kappa shape index (κ2) is 4.38. The molecular formula is C11H11ClN2. The normalized spacial score (nSPS) is 10.6. The summed E-state index contributed by atoms with van der Waals surface area (Å²) in [5.41, 5.74) is 1.89. The van der Waals surface area contributed by atoms with Gasteiger partial charge in [-0.05, 0) is 37.1 Å². The molecule has 0 fully saturated rings. The molecule has 0 spiro atoms. The second-order valence-electron chi connectivity index (χ2n) is 3.15. The van der Waals surface area contributed by atoms with Gasteiger partial charge in [-0.1, -0.05) is 0 Å². The van der Waals surface area contributed by atoms with Crippen molar-refractivity contribution in [2.24, 2.45) is 0 Å². The molecule has 0 amide bonds. The molecule has 72 valence electrons. The maximum atomic E-state index is 5.63. The van der Waals surface area contributed by atoms with Crippen LogP contribution in [0.5, 0.6) is 0 Å². The third kappa shape index (κ3) is 2.02.